The van der Waals surface area contributed by atoms with Crippen LogP contribution in [0.4, 0.5) is 0 Å². The molecule has 0 aliphatic heterocycles. The highest BCUT2D eigenvalue weighted by atomic mass is 14.1. The van der Waals surface area contributed by atoms with Crippen molar-refractivity contribution in [1.82, 2.24) is 0 Å². The van der Waals surface area contributed by atoms with Crippen molar-refractivity contribution in [1.29, 1.82) is 0 Å². The molecule has 0 bridgehead atoms. The second kappa shape index (κ2) is 3.14. The van der Waals surface area contributed by atoms with Gasteiger partial charge in [-0.1, -0.05) is 37.3 Å². The van der Waals surface area contributed by atoms with Gasteiger partial charge in [0.05, 0.1) is 0 Å². The zero-order chi connectivity index (χ0) is 8.39. The summed E-state index contributed by atoms with van der Waals surface area (Å²) >= 11 is 0. The molecule has 0 spiro atoms. The minimum absolute atomic E-state index is 1.15. The topological polar surface area (TPSA) is 0 Å². The zero-order valence-corrected chi connectivity index (χ0v) is 7.51. The van der Waals surface area contributed by atoms with Crippen LogP contribution < -0.4 is 0 Å². The van der Waals surface area contributed by atoms with Gasteiger partial charge in [-0.2, -0.15) is 0 Å². The van der Waals surface area contributed by atoms with Crippen LogP contribution in [-0.4, -0.2) is 0 Å². The Morgan fingerprint density at radius 3 is 3.08 bits per heavy atom. The molecule has 1 aliphatic carbocycles. The van der Waals surface area contributed by atoms with Crippen molar-refractivity contribution in [2.24, 2.45) is 0 Å². The van der Waals surface area contributed by atoms with Crippen molar-refractivity contribution in [3.05, 3.63) is 41.0 Å². The van der Waals surface area contributed by atoms with Crippen LogP contribution in [0.1, 0.15) is 30.0 Å². The highest BCUT2D eigenvalue weighted by Crippen LogP contribution is 2.20. The normalized spacial score (nSPS) is 14.4. The zero-order valence-electron chi connectivity index (χ0n) is 7.51. The first-order valence-corrected chi connectivity index (χ1v) is 4.68. The Labute approximate surface area is 73.9 Å². The Kier molecular flexibility index (Phi) is 1.99. The van der Waals surface area contributed by atoms with Gasteiger partial charge in [0, 0.05) is 0 Å². The first-order chi connectivity index (χ1) is 5.90. The van der Waals surface area contributed by atoms with Crippen molar-refractivity contribution in [2.75, 3.05) is 0 Å². The summed E-state index contributed by atoms with van der Waals surface area (Å²) < 4.78 is 0. The van der Waals surface area contributed by atoms with Crippen LogP contribution in [0.5, 0.6) is 0 Å². The SMILES string of the molecule is CCc1ccc2c(c1)CCC=C2. The molecule has 0 unspecified atom stereocenters. The number of benzene rings is 1. The Bertz CT molecular complexity index is 308. The molecule has 0 amide bonds. The fourth-order valence-corrected chi connectivity index (χ4v) is 1.71. The molecule has 0 radical (unpaired) electrons. The molecule has 12 heavy (non-hydrogen) atoms. The molecule has 0 aromatic heterocycles. The lowest BCUT2D eigenvalue weighted by Gasteiger charge is -2.10. The van der Waals surface area contributed by atoms with E-state index in [-0.39, 0.29) is 0 Å². The lowest BCUT2D eigenvalue weighted by Crippen LogP contribution is -1.95. The Morgan fingerprint density at radius 1 is 1.33 bits per heavy atom. The van der Waals surface area contributed by atoms with Crippen molar-refractivity contribution < 1.29 is 0 Å². The summed E-state index contributed by atoms with van der Waals surface area (Å²) in [7, 11) is 0. The minimum atomic E-state index is 1.15. The molecule has 0 atom stereocenters. The fourth-order valence-electron chi connectivity index (χ4n) is 1.71. The molecule has 2 rings (SSSR count). The summed E-state index contributed by atoms with van der Waals surface area (Å²) in [5.74, 6) is 0. The first kappa shape index (κ1) is 7.60. The van der Waals surface area contributed by atoms with Crippen LogP contribution in [0.2, 0.25) is 0 Å². The van der Waals surface area contributed by atoms with Crippen LogP contribution in [0.15, 0.2) is 24.3 Å². The number of fused-ring (bicyclic) bond motifs is 1. The second-order valence-electron chi connectivity index (χ2n) is 3.33. The second-order valence-corrected chi connectivity index (χ2v) is 3.33. The van der Waals surface area contributed by atoms with Gasteiger partial charge in [-0.25, -0.2) is 0 Å². The van der Waals surface area contributed by atoms with E-state index in [1.165, 1.54) is 29.5 Å². The Morgan fingerprint density at radius 2 is 2.25 bits per heavy atom. The number of allylic oxidation sites excluding steroid dienone is 1. The van der Waals surface area contributed by atoms with E-state index >= 15 is 0 Å². The van der Waals surface area contributed by atoms with Gasteiger partial charge >= 0.3 is 0 Å². The molecule has 0 nitrogen and oxygen atoms in total. The summed E-state index contributed by atoms with van der Waals surface area (Å²) in [6.45, 7) is 2.21. The molecule has 0 saturated heterocycles. The van der Waals surface area contributed by atoms with Crippen LogP contribution in [0.3, 0.4) is 0 Å². The van der Waals surface area contributed by atoms with Crippen molar-refractivity contribution in [2.45, 2.75) is 26.2 Å². The lowest BCUT2D eigenvalue weighted by molar-refractivity contribution is 0.975. The predicted molar refractivity (Wildman–Crippen MR) is 53.2 cm³/mol. The molecular weight excluding hydrogens is 144 g/mol. The third-order valence-electron chi connectivity index (χ3n) is 2.49. The molecule has 62 valence electrons. The summed E-state index contributed by atoms with van der Waals surface area (Å²) in [5.41, 5.74) is 4.40. The summed E-state index contributed by atoms with van der Waals surface area (Å²) in [6.07, 6.45) is 8.07. The first-order valence-electron chi connectivity index (χ1n) is 4.68. The van der Waals surface area contributed by atoms with E-state index in [1.807, 2.05) is 0 Å². The number of hydrogen-bond acceptors (Lipinski definition) is 0. The van der Waals surface area contributed by atoms with E-state index in [1.54, 1.807) is 0 Å². The quantitative estimate of drug-likeness (QED) is 0.588. The van der Waals surface area contributed by atoms with Gasteiger partial charge in [0.1, 0.15) is 0 Å². The van der Waals surface area contributed by atoms with Gasteiger partial charge < -0.3 is 0 Å². The summed E-state index contributed by atoms with van der Waals surface area (Å²) in [4.78, 5) is 0. The van der Waals surface area contributed by atoms with Crippen LogP contribution >= 0.6 is 0 Å². The third-order valence-corrected chi connectivity index (χ3v) is 2.49. The Balaban J connectivity index is 2.44. The van der Waals surface area contributed by atoms with Gasteiger partial charge in [-0.05, 0) is 36.0 Å². The highest BCUT2D eigenvalue weighted by Gasteiger charge is 2.03. The molecule has 1 aromatic carbocycles. The predicted octanol–water partition coefficient (Wildman–Crippen LogP) is 3.21. The molecule has 0 fully saturated rings. The lowest BCUT2D eigenvalue weighted by atomic mass is 9.95. The van der Waals surface area contributed by atoms with Gasteiger partial charge in [0.15, 0.2) is 0 Å². The average Bonchev–Trinajstić information content (AvgIpc) is 2.17. The number of rotatable bonds is 1. The van der Waals surface area contributed by atoms with Crippen molar-refractivity contribution in [3.63, 3.8) is 0 Å². The van der Waals surface area contributed by atoms with E-state index < -0.39 is 0 Å². The molecule has 1 aromatic rings. The van der Waals surface area contributed by atoms with E-state index in [0.29, 0.717) is 0 Å². The van der Waals surface area contributed by atoms with Gasteiger partial charge in [0.2, 0.25) is 0 Å². The van der Waals surface area contributed by atoms with E-state index in [4.69, 9.17) is 0 Å². The average molecular weight is 158 g/mol. The van der Waals surface area contributed by atoms with Gasteiger partial charge in [0.25, 0.3) is 0 Å². The van der Waals surface area contributed by atoms with Crippen LogP contribution in [0.25, 0.3) is 6.08 Å². The summed E-state index contributed by atoms with van der Waals surface area (Å²) in [5, 5.41) is 0. The van der Waals surface area contributed by atoms with E-state index in [9.17, 15) is 0 Å². The van der Waals surface area contributed by atoms with Crippen LogP contribution in [-0.2, 0) is 12.8 Å². The number of aryl methyl sites for hydroxylation is 2. The smallest absolute Gasteiger partial charge is 0.0227 e. The molecule has 0 heteroatoms. The molecular formula is C12H14. The maximum Gasteiger partial charge on any atom is -0.0227 e. The largest absolute Gasteiger partial charge is 0.0836 e. The van der Waals surface area contributed by atoms with Gasteiger partial charge in [-0.15, -0.1) is 0 Å². The van der Waals surface area contributed by atoms with E-state index in [0.717, 1.165) is 6.42 Å². The molecule has 0 N–H and O–H groups in total. The minimum Gasteiger partial charge on any atom is -0.0836 e. The Hall–Kier alpha value is -1.04. The maximum absolute atomic E-state index is 2.35. The standard InChI is InChI=1S/C12H14/c1-2-10-7-8-11-5-3-4-6-12(11)9-10/h3,5,7-9H,2,4,6H2,1H3. The fraction of sp³-hybridized carbons (Fsp3) is 0.333. The maximum atomic E-state index is 2.35. The van der Waals surface area contributed by atoms with Crippen molar-refractivity contribution in [3.8, 4) is 0 Å². The molecule has 0 saturated carbocycles. The van der Waals surface area contributed by atoms with Crippen LogP contribution in [0, 0.1) is 0 Å². The monoisotopic (exact) mass is 158 g/mol. The summed E-state index contributed by atoms with van der Waals surface area (Å²) in [6, 6.07) is 6.82. The third kappa shape index (κ3) is 1.29. The molecule has 0 heterocycles. The van der Waals surface area contributed by atoms with E-state index in [2.05, 4.69) is 37.3 Å². The highest BCUT2D eigenvalue weighted by molar-refractivity contribution is 5.56. The van der Waals surface area contributed by atoms with Gasteiger partial charge in [-0.3, -0.25) is 0 Å². The molecule has 1 aliphatic rings. The van der Waals surface area contributed by atoms with Crippen molar-refractivity contribution >= 4 is 6.08 Å². The number of hydrogen-bond donors (Lipinski definition) is 0.